The molecule has 0 atom stereocenters. The van der Waals surface area contributed by atoms with Crippen LogP contribution < -0.4 is 15.1 Å². The van der Waals surface area contributed by atoms with E-state index in [1.54, 1.807) is 0 Å². The Hall–Kier alpha value is -2.87. The van der Waals surface area contributed by atoms with Crippen LogP contribution in [0.4, 0.5) is 11.5 Å². The second-order valence-corrected chi connectivity index (χ2v) is 8.72. The number of aryl methyl sites for hydroxylation is 1. The molecule has 0 amide bonds. The van der Waals surface area contributed by atoms with Gasteiger partial charge < -0.3 is 19.4 Å². The van der Waals surface area contributed by atoms with Crippen LogP contribution in [0.2, 0.25) is 0 Å². The van der Waals surface area contributed by atoms with E-state index in [1.165, 1.54) is 5.56 Å². The van der Waals surface area contributed by atoms with E-state index in [1.807, 2.05) is 37.5 Å². The monoisotopic (exact) mass is 468 g/mol. The molecule has 0 saturated carbocycles. The third kappa shape index (κ3) is 7.32. The van der Waals surface area contributed by atoms with Crippen molar-refractivity contribution in [2.45, 2.75) is 33.6 Å². The van der Waals surface area contributed by atoms with Gasteiger partial charge >= 0.3 is 0 Å². The van der Waals surface area contributed by atoms with Crippen LogP contribution in [0.5, 0.6) is 5.88 Å². The quantitative estimate of drug-likeness (QED) is 0.282. The number of pyridine rings is 1. The number of benzene rings is 1. The van der Waals surface area contributed by atoms with Crippen LogP contribution in [0, 0.1) is 6.92 Å². The molecule has 0 spiro atoms. The maximum Gasteiger partial charge on any atom is 0.217 e. The minimum absolute atomic E-state index is 0.526. The van der Waals surface area contributed by atoms with Crippen molar-refractivity contribution < 1.29 is 4.74 Å². The largest absolute Gasteiger partial charge is 0.476 e. The molecule has 3 rings (SSSR count). The van der Waals surface area contributed by atoms with Crippen molar-refractivity contribution in [3.8, 4) is 5.88 Å². The van der Waals surface area contributed by atoms with Crippen molar-refractivity contribution in [1.29, 1.82) is 0 Å². The lowest BCUT2D eigenvalue weighted by Crippen LogP contribution is -2.32. The average Bonchev–Trinajstić information content (AvgIpc) is 3.11. The minimum atomic E-state index is 0.526. The number of nitrogens with zero attached hydrogens (tertiary/aromatic N) is 5. The van der Waals surface area contributed by atoms with E-state index in [9.17, 15) is 0 Å². The molecule has 178 valence electrons. The first-order valence-electron chi connectivity index (χ1n) is 11.8. The number of aromatic nitrogens is 1. The molecule has 8 heteroatoms. The molecule has 1 fully saturated rings. The lowest BCUT2D eigenvalue weighted by Gasteiger charge is -2.25. The standard InChI is InChI=1S/C25H36N6OS/c1-5-10-30(11-6-2)22-17-23(28-26-19-21-9-7-8-20(3)16-21)27-24(18-22)32-15-14-31-13-12-29(4)25(31)33/h7-9,16-19H,5-6,10-15H2,1-4H3,(H,27,28)/b26-19+. The molecule has 0 aliphatic carbocycles. The third-order valence-electron chi connectivity index (χ3n) is 5.49. The van der Waals surface area contributed by atoms with E-state index in [-0.39, 0.29) is 0 Å². The Morgan fingerprint density at radius 3 is 2.64 bits per heavy atom. The Morgan fingerprint density at radius 1 is 1.18 bits per heavy atom. The van der Waals surface area contributed by atoms with E-state index in [0.29, 0.717) is 18.3 Å². The Labute approximate surface area is 203 Å². The van der Waals surface area contributed by atoms with Gasteiger partial charge in [-0.3, -0.25) is 5.43 Å². The highest BCUT2D eigenvalue weighted by Gasteiger charge is 2.21. The highest BCUT2D eigenvalue weighted by Crippen LogP contribution is 2.25. The summed E-state index contributed by atoms with van der Waals surface area (Å²) in [5.41, 5.74) is 6.43. The third-order valence-corrected chi connectivity index (χ3v) is 6.06. The predicted molar refractivity (Wildman–Crippen MR) is 142 cm³/mol. The van der Waals surface area contributed by atoms with Crippen LogP contribution in [-0.2, 0) is 0 Å². The molecule has 1 N–H and O–H groups in total. The zero-order valence-electron chi connectivity index (χ0n) is 20.3. The van der Waals surface area contributed by atoms with E-state index in [0.717, 1.165) is 61.9 Å². The van der Waals surface area contributed by atoms with Crippen LogP contribution >= 0.6 is 12.2 Å². The molecule has 2 aromatic rings. The number of anilines is 2. The summed E-state index contributed by atoms with van der Waals surface area (Å²) in [5.74, 6) is 1.26. The molecule has 2 heterocycles. The summed E-state index contributed by atoms with van der Waals surface area (Å²) in [5, 5.41) is 5.29. The first-order valence-corrected chi connectivity index (χ1v) is 12.2. The van der Waals surface area contributed by atoms with Gasteiger partial charge in [-0.05, 0) is 37.5 Å². The fraction of sp³-hybridized carbons (Fsp3) is 0.480. The zero-order chi connectivity index (χ0) is 23.6. The Kier molecular flexibility index (Phi) is 9.30. The molecular weight excluding hydrogens is 432 g/mol. The molecule has 1 saturated heterocycles. The van der Waals surface area contributed by atoms with Crippen molar-refractivity contribution >= 4 is 35.1 Å². The maximum absolute atomic E-state index is 6.07. The molecule has 0 bridgehead atoms. The Morgan fingerprint density at radius 2 is 1.97 bits per heavy atom. The van der Waals surface area contributed by atoms with Crippen molar-refractivity contribution in [2.75, 3.05) is 56.7 Å². The topological polar surface area (TPSA) is 56.2 Å². The van der Waals surface area contributed by atoms with Crippen LogP contribution in [-0.4, -0.2) is 72.5 Å². The first-order chi connectivity index (χ1) is 16.0. The number of hydrogen-bond donors (Lipinski definition) is 1. The second kappa shape index (κ2) is 12.4. The van der Waals surface area contributed by atoms with Gasteiger partial charge in [0.15, 0.2) is 10.9 Å². The summed E-state index contributed by atoms with van der Waals surface area (Å²) in [6.07, 6.45) is 3.96. The van der Waals surface area contributed by atoms with Gasteiger partial charge in [-0.15, -0.1) is 0 Å². The summed E-state index contributed by atoms with van der Waals surface area (Å²) in [6, 6.07) is 12.3. The lowest BCUT2D eigenvalue weighted by molar-refractivity contribution is 0.270. The molecule has 1 aliphatic heterocycles. The molecule has 1 aromatic heterocycles. The second-order valence-electron chi connectivity index (χ2n) is 8.36. The number of rotatable bonds is 12. The number of likely N-dealkylation sites (N-methyl/N-ethyl adjacent to an activating group) is 1. The van der Waals surface area contributed by atoms with Crippen molar-refractivity contribution in [1.82, 2.24) is 14.8 Å². The van der Waals surface area contributed by atoms with Crippen LogP contribution in [0.25, 0.3) is 0 Å². The van der Waals surface area contributed by atoms with Gasteiger partial charge in [-0.2, -0.15) is 10.1 Å². The van der Waals surface area contributed by atoms with Crippen molar-refractivity contribution in [3.63, 3.8) is 0 Å². The van der Waals surface area contributed by atoms with Gasteiger partial charge in [-0.1, -0.05) is 43.7 Å². The Balaban J connectivity index is 1.73. The number of nitrogens with one attached hydrogen (secondary N) is 1. The summed E-state index contributed by atoms with van der Waals surface area (Å²) in [7, 11) is 2.03. The molecule has 33 heavy (non-hydrogen) atoms. The smallest absolute Gasteiger partial charge is 0.217 e. The highest BCUT2D eigenvalue weighted by molar-refractivity contribution is 7.80. The fourth-order valence-corrected chi connectivity index (χ4v) is 4.08. The molecule has 1 aliphatic rings. The summed E-state index contributed by atoms with van der Waals surface area (Å²) in [4.78, 5) is 11.3. The van der Waals surface area contributed by atoms with Crippen LogP contribution in [0.3, 0.4) is 0 Å². The number of thiocarbonyl (C=S) groups is 1. The van der Waals surface area contributed by atoms with Gasteiger partial charge in [0.25, 0.3) is 0 Å². The number of ether oxygens (including phenoxy) is 1. The summed E-state index contributed by atoms with van der Waals surface area (Å²) >= 11 is 5.47. The van der Waals surface area contributed by atoms with Gasteiger partial charge in [0.2, 0.25) is 5.88 Å². The van der Waals surface area contributed by atoms with Crippen molar-refractivity contribution in [2.24, 2.45) is 5.10 Å². The normalized spacial score (nSPS) is 13.8. The molecule has 7 nitrogen and oxygen atoms in total. The minimum Gasteiger partial charge on any atom is -0.476 e. The predicted octanol–water partition coefficient (Wildman–Crippen LogP) is 4.37. The average molecular weight is 469 g/mol. The lowest BCUT2D eigenvalue weighted by atomic mass is 10.2. The zero-order valence-corrected chi connectivity index (χ0v) is 21.1. The first kappa shape index (κ1) is 24.8. The van der Waals surface area contributed by atoms with E-state index in [2.05, 4.69) is 63.1 Å². The maximum atomic E-state index is 6.07. The highest BCUT2D eigenvalue weighted by atomic mass is 32.1. The fourth-order valence-electron chi connectivity index (χ4n) is 3.81. The van der Waals surface area contributed by atoms with Crippen LogP contribution in [0.15, 0.2) is 41.5 Å². The Bertz CT molecular complexity index is 944. The molecule has 1 aromatic carbocycles. The SMILES string of the molecule is CCCN(CCC)c1cc(N/N=C/c2cccc(C)c2)nc(OCCN2CCN(C)C2=S)c1. The molecular formula is C25H36N6OS. The summed E-state index contributed by atoms with van der Waals surface area (Å²) < 4.78 is 6.07. The number of hydrazone groups is 1. The van der Waals surface area contributed by atoms with Crippen molar-refractivity contribution in [3.05, 3.63) is 47.5 Å². The van der Waals surface area contributed by atoms with Crippen LogP contribution in [0.1, 0.15) is 37.8 Å². The van der Waals surface area contributed by atoms with Gasteiger partial charge in [0, 0.05) is 51.0 Å². The van der Waals surface area contributed by atoms with Gasteiger partial charge in [-0.25, -0.2) is 0 Å². The van der Waals surface area contributed by atoms with Gasteiger partial charge in [0.05, 0.1) is 12.8 Å². The molecule has 0 radical (unpaired) electrons. The van der Waals surface area contributed by atoms with E-state index in [4.69, 9.17) is 17.0 Å². The number of hydrogen-bond acceptors (Lipinski definition) is 6. The summed E-state index contributed by atoms with van der Waals surface area (Å²) in [6.45, 7) is 11.6. The van der Waals surface area contributed by atoms with Gasteiger partial charge in [0.1, 0.15) is 6.61 Å². The molecule has 0 unspecified atom stereocenters. The van der Waals surface area contributed by atoms with E-state index >= 15 is 0 Å². The van der Waals surface area contributed by atoms with E-state index < -0.39 is 0 Å².